The average molecular weight is 233 g/mol. The molecule has 0 amide bonds. The largest absolute Gasteiger partial charge is 0.396 e. The first-order valence-electron chi connectivity index (χ1n) is 6.76. The van der Waals surface area contributed by atoms with Gasteiger partial charge >= 0.3 is 0 Å². The molecule has 1 aliphatic carbocycles. The van der Waals surface area contributed by atoms with Gasteiger partial charge in [-0.15, -0.1) is 0 Å². The Kier molecular flexibility index (Phi) is 4.43. The van der Waals surface area contributed by atoms with E-state index in [1.54, 1.807) is 0 Å². The van der Waals surface area contributed by atoms with Gasteiger partial charge in [0.25, 0.3) is 0 Å². The summed E-state index contributed by atoms with van der Waals surface area (Å²) >= 11 is 0. The molecule has 1 aromatic rings. The smallest absolute Gasteiger partial charge is 0.0471 e. The van der Waals surface area contributed by atoms with Gasteiger partial charge in [0, 0.05) is 18.3 Å². The molecule has 0 radical (unpaired) electrons. The highest BCUT2D eigenvalue weighted by Crippen LogP contribution is 2.26. The number of hydrogen-bond acceptors (Lipinski definition) is 2. The molecule has 0 bridgehead atoms. The molecular weight excluding hydrogens is 210 g/mol. The summed E-state index contributed by atoms with van der Waals surface area (Å²) in [6.07, 6.45) is 6.12. The number of anilines is 1. The van der Waals surface area contributed by atoms with Gasteiger partial charge in [0.2, 0.25) is 0 Å². The zero-order valence-electron chi connectivity index (χ0n) is 10.7. The highest BCUT2D eigenvalue weighted by molar-refractivity contribution is 5.45. The van der Waals surface area contributed by atoms with Crippen LogP contribution < -0.4 is 5.32 Å². The van der Waals surface area contributed by atoms with Crippen molar-refractivity contribution in [1.29, 1.82) is 0 Å². The van der Waals surface area contributed by atoms with Crippen LogP contribution in [0.1, 0.15) is 38.2 Å². The lowest BCUT2D eigenvalue weighted by molar-refractivity contribution is 0.299. The monoisotopic (exact) mass is 233 g/mol. The molecule has 0 aromatic heterocycles. The van der Waals surface area contributed by atoms with Gasteiger partial charge in [0.05, 0.1) is 0 Å². The number of rotatable bonds is 4. The quantitative estimate of drug-likeness (QED) is 0.837. The summed E-state index contributed by atoms with van der Waals surface area (Å²) in [5.74, 6) is 0.779. The van der Waals surface area contributed by atoms with Crippen molar-refractivity contribution in [3.05, 3.63) is 29.8 Å². The Balaban J connectivity index is 1.93. The van der Waals surface area contributed by atoms with Crippen LogP contribution in [0.4, 0.5) is 5.69 Å². The summed E-state index contributed by atoms with van der Waals surface area (Å²) in [6, 6.07) is 9.10. The second-order valence-electron chi connectivity index (χ2n) is 5.18. The molecule has 1 fully saturated rings. The number of aliphatic hydroxyl groups excluding tert-OH is 1. The van der Waals surface area contributed by atoms with E-state index < -0.39 is 0 Å². The van der Waals surface area contributed by atoms with Crippen LogP contribution in [0.5, 0.6) is 0 Å². The van der Waals surface area contributed by atoms with Crippen molar-refractivity contribution in [3.63, 3.8) is 0 Å². The molecule has 1 saturated carbocycles. The lowest BCUT2D eigenvalue weighted by Gasteiger charge is -2.30. The van der Waals surface area contributed by atoms with Crippen LogP contribution >= 0.6 is 0 Å². The second kappa shape index (κ2) is 6.06. The maximum absolute atomic E-state index is 8.87. The summed E-state index contributed by atoms with van der Waals surface area (Å²) in [5, 5.41) is 12.5. The van der Waals surface area contributed by atoms with Gasteiger partial charge in [-0.2, -0.15) is 0 Å². The molecule has 0 aliphatic heterocycles. The molecule has 94 valence electrons. The molecule has 2 rings (SSSR count). The molecule has 2 nitrogen and oxygen atoms in total. The van der Waals surface area contributed by atoms with E-state index >= 15 is 0 Å². The van der Waals surface area contributed by atoms with Crippen molar-refractivity contribution in [3.8, 4) is 0 Å². The van der Waals surface area contributed by atoms with Crippen molar-refractivity contribution in [2.24, 2.45) is 5.92 Å². The fourth-order valence-electron chi connectivity index (χ4n) is 2.64. The van der Waals surface area contributed by atoms with Gasteiger partial charge in [-0.25, -0.2) is 0 Å². The molecular formula is C15H23NO. The highest BCUT2D eigenvalue weighted by atomic mass is 16.2. The first-order chi connectivity index (χ1) is 8.29. The molecule has 2 N–H and O–H groups in total. The third-order valence-electron chi connectivity index (χ3n) is 3.82. The number of hydrogen-bond donors (Lipinski definition) is 2. The van der Waals surface area contributed by atoms with Crippen molar-refractivity contribution in [1.82, 2.24) is 0 Å². The van der Waals surface area contributed by atoms with Gasteiger partial charge in [-0.3, -0.25) is 0 Å². The molecule has 0 heterocycles. The predicted molar refractivity (Wildman–Crippen MR) is 72.3 cm³/mol. The van der Waals surface area contributed by atoms with E-state index in [-0.39, 0.29) is 6.61 Å². The molecule has 1 aliphatic rings. The van der Waals surface area contributed by atoms with E-state index in [1.807, 2.05) is 0 Å². The van der Waals surface area contributed by atoms with E-state index in [9.17, 15) is 0 Å². The van der Waals surface area contributed by atoms with E-state index in [0.717, 1.165) is 12.3 Å². The fourth-order valence-corrected chi connectivity index (χ4v) is 2.64. The Labute approximate surface area is 104 Å². The maximum Gasteiger partial charge on any atom is 0.0471 e. The molecule has 0 spiro atoms. The van der Waals surface area contributed by atoms with Crippen molar-refractivity contribution >= 4 is 5.69 Å². The lowest BCUT2D eigenvalue weighted by Crippen LogP contribution is -2.30. The van der Waals surface area contributed by atoms with Crippen LogP contribution in [-0.2, 0) is 6.42 Å². The molecule has 2 unspecified atom stereocenters. The molecule has 2 heteroatoms. The third-order valence-corrected chi connectivity index (χ3v) is 3.82. The summed E-state index contributed by atoms with van der Waals surface area (Å²) in [7, 11) is 0. The predicted octanol–water partition coefficient (Wildman–Crippen LogP) is 3.21. The van der Waals surface area contributed by atoms with Crippen LogP contribution in [0.3, 0.4) is 0 Å². The first kappa shape index (κ1) is 12.4. The minimum atomic E-state index is 0.229. The van der Waals surface area contributed by atoms with Crippen molar-refractivity contribution in [2.45, 2.75) is 45.1 Å². The van der Waals surface area contributed by atoms with Gasteiger partial charge in [-0.05, 0) is 42.9 Å². The Morgan fingerprint density at radius 1 is 1.18 bits per heavy atom. The second-order valence-corrected chi connectivity index (χ2v) is 5.18. The van der Waals surface area contributed by atoms with Crippen LogP contribution in [0.2, 0.25) is 0 Å². The number of aliphatic hydroxyl groups is 1. The summed E-state index contributed by atoms with van der Waals surface area (Å²) in [4.78, 5) is 0. The molecule has 0 saturated heterocycles. The lowest BCUT2D eigenvalue weighted by atomic mass is 9.86. The standard InChI is InChI=1S/C15H23NO/c1-12-4-2-3-5-15(12)16-14-8-6-13(7-9-14)10-11-17/h6-9,12,15-17H,2-5,10-11H2,1H3. The van der Waals surface area contributed by atoms with Gasteiger partial charge in [0.1, 0.15) is 0 Å². The third kappa shape index (κ3) is 3.47. The molecule has 1 aromatic carbocycles. The highest BCUT2D eigenvalue weighted by Gasteiger charge is 2.20. The zero-order valence-corrected chi connectivity index (χ0v) is 10.7. The Bertz CT molecular complexity index is 333. The zero-order chi connectivity index (χ0) is 12.1. The number of nitrogens with one attached hydrogen (secondary N) is 1. The van der Waals surface area contributed by atoms with Crippen molar-refractivity contribution < 1.29 is 5.11 Å². The van der Waals surface area contributed by atoms with Crippen LogP contribution in [0.25, 0.3) is 0 Å². The minimum Gasteiger partial charge on any atom is -0.396 e. The van der Waals surface area contributed by atoms with Crippen molar-refractivity contribution in [2.75, 3.05) is 11.9 Å². The van der Waals surface area contributed by atoms with E-state index in [2.05, 4.69) is 36.5 Å². The SMILES string of the molecule is CC1CCCCC1Nc1ccc(CCO)cc1. The maximum atomic E-state index is 8.87. The van der Waals surface area contributed by atoms with Crippen LogP contribution in [-0.4, -0.2) is 17.8 Å². The first-order valence-corrected chi connectivity index (χ1v) is 6.76. The van der Waals surface area contributed by atoms with Crippen LogP contribution in [0, 0.1) is 5.92 Å². The Hall–Kier alpha value is -1.02. The topological polar surface area (TPSA) is 32.3 Å². The average Bonchev–Trinajstić information content (AvgIpc) is 2.35. The Morgan fingerprint density at radius 2 is 1.88 bits per heavy atom. The van der Waals surface area contributed by atoms with E-state index in [1.165, 1.54) is 36.9 Å². The molecule has 17 heavy (non-hydrogen) atoms. The van der Waals surface area contributed by atoms with Gasteiger partial charge in [-0.1, -0.05) is 31.9 Å². The summed E-state index contributed by atoms with van der Waals surface area (Å²) in [5.41, 5.74) is 2.42. The fraction of sp³-hybridized carbons (Fsp3) is 0.600. The Morgan fingerprint density at radius 3 is 2.53 bits per heavy atom. The van der Waals surface area contributed by atoms with E-state index in [4.69, 9.17) is 5.11 Å². The normalized spacial score (nSPS) is 24.6. The minimum absolute atomic E-state index is 0.229. The van der Waals surface area contributed by atoms with Gasteiger partial charge in [0.15, 0.2) is 0 Å². The summed E-state index contributed by atoms with van der Waals surface area (Å²) in [6.45, 7) is 2.57. The van der Waals surface area contributed by atoms with E-state index in [0.29, 0.717) is 6.04 Å². The van der Waals surface area contributed by atoms with Gasteiger partial charge < -0.3 is 10.4 Å². The summed E-state index contributed by atoms with van der Waals surface area (Å²) < 4.78 is 0. The number of benzene rings is 1. The van der Waals surface area contributed by atoms with Crippen LogP contribution in [0.15, 0.2) is 24.3 Å². The molecule has 2 atom stereocenters.